The van der Waals surface area contributed by atoms with Crippen LogP contribution in [0.2, 0.25) is 0 Å². The average Bonchev–Trinajstić information content (AvgIpc) is 2.75. The normalized spacial score (nSPS) is 29.8. The third-order valence-corrected chi connectivity index (χ3v) is 6.98. The Bertz CT molecular complexity index is 1240. The van der Waals surface area contributed by atoms with Crippen LogP contribution in [0.1, 0.15) is 39.5 Å². The van der Waals surface area contributed by atoms with E-state index in [1.54, 1.807) is 37.5 Å². The monoisotopic (exact) mass is 438 g/mol. The van der Waals surface area contributed by atoms with Crippen molar-refractivity contribution >= 4 is 10.8 Å². The van der Waals surface area contributed by atoms with Crippen LogP contribution in [0.15, 0.2) is 41.3 Å². The van der Waals surface area contributed by atoms with E-state index >= 15 is 4.39 Å². The maximum absolute atomic E-state index is 15.3. The number of hydrogen-bond donors (Lipinski definition) is 2. The quantitative estimate of drug-likeness (QED) is 0.651. The van der Waals surface area contributed by atoms with Crippen LogP contribution in [-0.2, 0) is 7.05 Å². The minimum atomic E-state index is -1.15. The lowest BCUT2D eigenvalue weighted by Crippen LogP contribution is -2.71. The van der Waals surface area contributed by atoms with E-state index in [0.717, 1.165) is 19.3 Å². The zero-order chi connectivity index (χ0) is 22.7. The fraction of sp³-hybridized carbons (Fsp3) is 0.458. The first-order valence-electron chi connectivity index (χ1n) is 10.9. The number of hydrogen-bond acceptors (Lipinski definition) is 6. The van der Waals surface area contributed by atoms with Crippen LogP contribution in [0.3, 0.4) is 0 Å². The van der Waals surface area contributed by atoms with Crippen molar-refractivity contribution in [3.05, 3.63) is 46.9 Å². The second kappa shape index (κ2) is 7.27. The molecule has 2 aliphatic heterocycles. The van der Waals surface area contributed by atoms with Crippen molar-refractivity contribution in [2.45, 2.75) is 62.9 Å². The number of benzene rings is 1. The molecular formula is C24H27FN4O3. The van der Waals surface area contributed by atoms with Crippen LogP contribution in [0.4, 0.5) is 4.39 Å². The summed E-state index contributed by atoms with van der Waals surface area (Å²) in [4.78, 5) is 12.3. The number of piperidine rings is 2. The van der Waals surface area contributed by atoms with Crippen molar-refractivity contribution in [2.75, 3.05) is 0 Å². The van der Waals surface area contributed by atoms with E-state index in [4.69, 9.17) is 4.74 Å². The SMILES string of the molecule is Cn1ccc2cc(-c3ccc(O[C@H]4C[C@]5(C)CCC[C@@](C)(N5)[C@H]4F)nn3)c(O)cc2c1=O. The Labute approximate surface area is 185 Å². The minimum Gasteiger partial charge on any atom is -0.507 e. The number of fused-ring (bicyclic) bond motifs is 3. The first kappa shape index (κ1) is 20.9. The van der Waals surface area contributed by atoms with Gasteiger partial charge in [0.05, 0.1) is 16.6 Å². The molecule has 4 atom stereocenters. The number of halogens is 1. The largest absolute Gasteiger partial charge is 0.507 e. The summed E-state index contributed by atoms with van der Waals surface area (Å²) in [5, 5.41) is 23.4. The third kappa shape index (κ3) is 3.43. The minimum absolute atomic E-state index is 0.0559. The van der Waals surface area contributed by atoms with Crippen molar-refractivity contribution in [1.82, 2.24) is 20.1 Å². The Morgan fingerprint density at radius 1 is 1.22 bits per heavy atom. The molecule has 1 aromatic carbocycles. The topological polar surface area (TPSA) is 89.3 Å². The Morgan fingerprint density at radius 3 is 2.78 bits per heavy atom. The number of ether oxygens (including phenoxy) is 1. The summed E-state index contributed by atoms with van der Waals surface area (Å²) in [6.07, 6.45) is 3.26. The summed E-state index contributed by atoms with van der Waals surface area (Å²) in [7, 11) is 1.66. The molecule has 2 aromatic heterocycles. The molecule has 2 saturated heterocycles. The molecule has 5 rings (SSSR count). The molecule has 0 amide bonds. The molecule has 2 N–H and O–H groups in total. The Morgan fingerprint density at radius 2 is 2.03 bits per heavy atom. The average molecular weight is 439 g/mol. The smallest absolute Gasteiger partial charge is 0.258 e. The molecule has 2 aliphatic rings. The molecular weight excluding hydrogens is 411 g/mol. The van der Waals surface area contributed by atoms with Gasteiger partial charge in [0.1, 0.15) is 11.9 Å². The van der Waals surface area contributed by atoms with Gasteiger partial charge < -0.3 is 19.7 Å². The summed E-state index contributed by atoms with van der Waals surface area (Å²) < 4.78 is 22.7. The van der Waals surface area contributed by atoms with Gasteiger partial charge in [-0.05, 0) is 62.8 Å². The van der Waals surface area contributed by atoms with E-state index in [9.17, 15) is 9.90 Å². The predicted octanol–water partition coefficient (Wildman–Crippen LogP) is 3.48. The molecule has 0 unspecified atom stereocenters. The lowest BCUT2D eigenvalue weighted by molar-refractivity contribution is -0.0626. The zero-order valence-corrected chi connectivity index (χ0v) is 18.4. The highest BCUT2D eigenvalue weighted by Crippen LogP contribution is 2.42. The van der Waals surface area contributed by atoms with Crippen molar-refractivity contribution in [3.63, 3.8) is 0 Å². The summed E-state index contributed by atoms with van der Waals surface area (Å²) in [5.74, 6) is 0.197. The van der Waals surface area contributed by atoms with Crippen LogP contribution >= 0.6 is 0 Å². The second-order valence-electron chi connectivity index (χ2n) is 9.66. The van der Waals surface area contributed by atoms with Crippen LogP contribution in [0.25, 0.3) is 22.0 Å². The van der Waals surface area contributed by atoms with Gasteiger partial charge in [0.2, 0.25) is 5.88 Å². The molecule has 4 heterocycles. The fourth-order valence-electron chi connectivity index (χ4n) is 5.34. The molecule has 0 saturated carbocycles. The molecule has 168 valence electrons. The molecule has 0 aliphatic carbocycles. The highest BCUT2D eigenvalue weighted by molar-refractivity contribution is 5.89. The van der Waals surface area contributed by atoms with Gasteiger partial charge in [-0.3, -0.25) is 4.79 Å². The van der Waals surface area contributed by atoms with Gasteiger partial charge in [0.15, 0.2) is 6.17 Å². The molecule has 0 radical (unpaired) electrons. The van der Waals surface area contributed by atoms with Gasteiger partial charge in [-0.15, -0.1) is 10.2 Å². The first-order chi connectivity index (χ1) is 15.2. The third-order valence-electron chi connectivity index (χ3n) is 6.98. The standard InChI is InChI=1S/C24H27FN4O3/c1-23-8-4-9-24(2,28-23)21(25)19(13-23)32-20-6-5-17(26-27-20)16-11-14-7-10-29(3)22(31)15(14)12-18(16)30/h5-7,10-12,19,21,28,30H,4,8-9,13H2,1-3H3/t19-,21-,23-,24+/m0/s1. The molecule has 32 heavy (non-hydrogen) atoms. The predicted molar refractivity (Wildman–Crippen MR) is 120 cm³/mol. The number of rotatable bonds is 3. The van der Waals surface area contributed by atoms with Crippen LogP contribution in [0.5, 0.6) is 11.6 Å². The fourth-order valence-corrected chi connectivity index (χ4v) is 5.34. The van der Waals surface area contributed by atoms with Crippen molar-refractivity contribution in [3.8, 4) is 22.9 Å². The van der Waals surface area contributed by atoms with Crippen LogP contribution in [0, 0.1) is 0 Å². The van der Waals surface area contributed by atoms with E-state index < -0.39 is 17.8 Å². The lowest BCUT2D eigenvalue weighted by Gasteiger charge is -2.54. The molecule has 2 bridgehead atoms. The summed E-state index contributed by atoms with van der Waals surface area (Å²) in [6.45, 7) is 4.05. The summed E-state index contributed by atoms with van der Waals surface area (Å²) in [5.41, 5.74) is -0.0345. The maximum Gasteiger partial charge on any atom is 0.258 e. The van der Waals surface area contributed by atoms with E-state index in [-0.39, 0.29) is 22.7 Å². The number of pyridine rings is 1. The highest BCUT2D eigenvalue weighted by Gasteiger charge is 2.53. The van der Waals surface area contributed by atoms with Crippen molar-refractivity contribution in [2.24, 2.45) is 7.05 Å². The van der Waals surface area contributed by atoms with Gasteiger partial charge in [-0.1, -0.05) is 0 Å². The van der Waals surface area contributed by atoms with Crippen molar-refractivity contribution in [1.29, 1.82) is 0 Å². The lowest BCUT2D eigenvalue weighted by atomic mass is 9.69. The van der Waals surface area contributed by atoms with Gasteiger partial charge >= 0.3 is 0 Å². The second-order valence-corrected chi connectivity index (χ2v) is 9.66. The Balaban J connectivity index is 1.41. The maximum atomic E-state index is 15.3. The van der Waals surface area contributed by atoms with Gasteiger partial charge in [-0.2, -0.15) is 0 Å². The summed E-state index contributed by atoms with van der Waals surface area (Å²) >= 11 is 0. The number of nitrogens with one attached hydrogen (secondary N) is 1. The Hall–Kier alpha value is -3.00. The molecule has 3 aromatic rings. The van der Waals surface area contributed by atoms with E-state index in [1.165, 1.54) is 10.6 Å². The van der Waals surface area contributed by atoms with Gasteiger partial charge in [0, 0.05) is 36.8 Å². The first-order valence-corrected chi connectivity index (χ1v) is 10.9. The number of phenolic OH excluding ortho intramolecular Hbond substituents is 1. The Kier molecular flexibility index (Phi) is 4.74. The number of aryl methyl sites for hydroxylation is 1. The molecule has 8 heteroatoms. The number of phenols is 1. The van der Waals surface area contributed by atoms with E-state index in [1.807, 2.05) is 6.92 Å². The number of nitrogens with zero attached hydrogens (tertiary/aromatic N) is 3. The van der Waals surface area contributed by atoms with Crippen LogP contribution < -0.4 is 15.6 Å². The zero-order valence-electron chi connectivity index (χ0n) is 18.4. The van der Waals surface area contributed by atoms with E-state index in [2.05, 4.69) is 22.4 Å². The number of aromatic nitrogens is 3. The van der Waals surface area contributed by atoms with Gasteiger partial charge in [0.25, 0.3) is 5.56 Å². The summed E-state index contributed by atoms with van der Waals surface area (Å²) in [6, 6.07) is 8.29. The van der Waals surface area contributed by atoms with Gasteiger partial charge in [-0.25, -0.2) is 4.39 Å². The van der Waals surface area contributed by atoms with Crippen LogP contribution in [-0.4, -0.2) is 43.2 Å². The molecule has 7 nitrogen and oxygen atoms in total. The van der Waals surface area contributed by atoms with E-state index in [0.29, 0.717) is 28.5 Å². The number of alkyl halides is 1. The van der Waals surface area contributed by atoms with Crippen molar-refractivity contribution < 1.29 is 14.2 Å². The molecule has 2 fully saturated rings. The number of aromatic hydroxyl groups is 1. The molecule has 0 spiro atoms. The highest BCUT2D eigenvalue weighted by atomic mass is 19.1.